The summed E-state index contributed by atoms with van der Waals surface area (Å²) in [4.78, 5) is 62.7. The second-order valence-electron chi connectivity index (χ2n) is 8.36. The average Bonchev–Trinajstić information content (AvgIpc) is 3.04. The summed E-state index contributed by atoms with van der Waals surface area (Å²) in [6, 6.07) is 16.0. The van der Waals surface area contributed by atoms with Crippen LogP contribution in [0.4, 0.5) is 11.4 Å². The van der Waals surface area contributed by atoms with Crippen LogP contribution in [0.25, 0.3) is 0 Å². The topological polar surface area (TPSA) is 127 Å². The van der Waals surface area contributed by atoms with Gasteiger partial charge >= 0.3 is 0 Å². The molecule has 0 atom stereocenters. The van der Waals surface area contributed by atoms with Crippen molar-refractivity contribution >= 4 is 34.9 Å². The van der Waals surface area contributed by atoms with Gasteiger partial charge in [-0.2, -0.15) is 0 Å². The molecule has 3 aromatic carbocycles. The fraction of sp³-hybridized carbons (Fsp3) is 0.154. The molecule has 0 spiro atoms. The molecule has 0 aliphatic carbocycles. The van der Waals surface area contributed by atoms with Crippen molar-refractivity contribution in [2.75, 3.05) is 11.9 Å². The summed E-state index contributed by atoms with van der Waals surface area (Å²) in [5.74, 6) is -2.50. The van der Waals surface area contributed by atoms with Crippen LogP contribution in [0.1, 0.15) is 47.8 Å². The standard InChI is InChI=1S/C26H21N3O6/c1-15-3-7-17(8-4-15)23(30)12-18-11-20-21(13-22(18)29(34)35)26(33)28(25(20)32)14-24(31)27-19-9-5-16(2)6-10-19/h3-11,13H,12,14H2,1-2H3,(H,27,31). The highest BCUT2D eigenvalue weighted by molar-refractivity contribution is 6.23. The van der Waals surface area contributed by atoms with Crippen LogP contribution in [0.15, 0.2) is 60.7 Å². The predicted octanol–water partition coefficient (Wildman–Crippen LogP) is 3.87. The van der Waals surface area contributed by atoms with Crippen LogP contribution in [-0.4, -0.2) is 39.9 Å². The number of imide groups is 1. The van der Waals surface area contributed by atoms with Gasteiger partial charge in [-0.15, -0.1) is 0 Å². The Hall–Kier alpha value is -4.66. The highest BCUT2D eigenvalue weighted by Gasteiger charge is 2.39. The zero-order chi connectivity index (χ0) is 25.3. The number of benzene rings is 3. The van der Waals surface area contributed by atoms with E-state index in [0.717, 1.165) is 22.1 Å². The second-order valence-corrected chi connectivity index (χ2v) is 8.36. The number of aryl methyl sites for hydroxylation is 2. The number of carbonyl (C=O) groups excluding carboxylic acids is 4. The first-order valence-electron chi connectivity index (χ1n) is 10.8. The number of hydrogen-bond acceptors (Lipinski definition) is 6. The van der Waals surface area contributed by atoms with Crippen molar-refractivity contribution in [2.24, 2.45) is 0 Å². The fourth-order valence-corrected chi connectivity index (χ4v) is 3.82. The largest absolute Gasteiger partial charge is 0.325 e. The Balaban J connectivity index is 1.58. The van der Waals surface area contributed by atoms with Crippen LogP contribution in [0.3, 0.4) is 0 Å². The van der Waals surface area contributed by atoms with E-state index in [1.807, 2.05) is 13.8 Å². The fourth-order valence-electron chi connectivity index (χ4n) is 3.82. The van der Waals surface area contributed by atoms with Gasteiger partial charge in [0, 0.05) is 29.3 Å². The van der Waals surface area contributed by atoms with Crippen LogP contribution in [-0.2, 0) is 11.2 Å². The first-order valence-corrected chi connectivity index (χ1v) is 10.8. The monoisotopic (exact) mass is 471 g/mol. The van der Waals surface area contributed by atoms with E-state index in [4.69, 9.17) is 0 Å². The molecule has 1 heterocycles. The van der Waals surface area contributed by atoms with Gasteiger partial charge in [-0.25, -0.2) is 0 Å². The van der Waals surface area contributed by atoms with E-state index in [-0.39, 0.29) is 28.9 Å². The molecular formula is C26H21N3O6. The number of fused-ring (bicyclic) bond motifs is 1. The highest BCUT2D eigenvalue weighted by Crippen LogP contribution is 2.31. The molecule has 9 nitrogen and oxygen atoms in total. The second kappa shape index (κ2) is 9.30. The Morgan fingerprint density at radius 3 is 2.00 bits per heavy atom. The Morgan fingerprint density at radius 1 is 0.886 bits per heavy atom. The zero-order valence-corrected chi connectivity index (χ0v) is 19.0. The summed E-state index contributed by atoms with van der Waals surface area (Å²) in [5.41, 5.74) is 2.18. The summed E-state index contributed by atoms with van der Waals surface area (Å²) in [5, 5.41) is 14.3. The summed E-state index contributed by atoms with van der Waals surface area (Å²) >= 11 is 0. The predicted molar refractivity (Wildman–Crippen MR) is 127 cm³/mol. The van der Waals surface area contributed by atoms with Crippen molar-refractivity contribution in [1.29, 1.82) is 0 Å². The number of Topliss-reactive ketones (excluding diaryl/α,β-unsaturated/α-hetero) is 1. The SMILES string of the molecule is Cc1ccc(NC(=O)CN2C(=O)c3cc(CC(=O)c4ccc(C)cc4)c([N+](=O)[O-])cc3C2=O)cc1. The number of amides is 3. The van der Waals surface area contributed by atoms with Gasteiger partial charge in [0.2, 0.25) is 5.91 Å². The van der Waals surface area contributed by atoms with E-state index < -0.39 is 34.9 Å². The van der Waals surface area contributed by atoms with Crippen LogP contribution in [0.2, 0.25) is 0 Å². The van der Waals surface area contributed by atoms with Crippen LogP contribution >= 0.6 is 0 Å². The molecule has 0 fully saturated rings. The van der Waals surface area contributed by atoms with Gasteiger partial charge in [-0.05, 0) is 32.0 Å². The van der Waals surface area contributed by atoms with Gasteiger partial charge in [0.25, 0.3) is 17.5 Å². The van der Waals surface area contributed by atoms with E-state index in [0.29, 0.717) is 11.3 Å². The number of nitrogens with one attached hydrogen (secondary N) is 1. The third-order valence-electron chi connectivity index (χ3n) is 5.73. The molecule has 3 amide bonds. The van der Waals surface area contributed by atoms with E-state index in [2.05, 4.69) is 5.32 Å². The average molecular weight is 471 g/mol. The van der Waals surface area contributed by atoms with Crippen molar-refractivity contribution in [3.05, 3.63) is 104 Å². The summed E-state index contributed by atoms with van der Waals surface area (Å²) in [6.07, 6.45) is -0.317. The summed E-state index contributed by atoms with van der Waals surface area (Å²) in [6.45, 7) is 3.22. The molecule has 1 aliphatic heterocycles. The molecule has 35 heavy (non-hydrogen) atoms. The maximum atomic E-state index is 12.9. The van der Waals surface area contributed by atoms with E-state index in [1.165, 1.54) is 6.07 Å². The van der Waals surface area contributed by atoms with Crippen molar-refractivity contribution in [3.8, 4) is 0 Å². The highest BCUT2D eigenvalue weighted by atomic mass is 16.6. The Kier molecular flexibility index (Phi) is 6.24. The number of nitro benzene ring substituents is 1. The smallest absolute Gasteiger partial charge is 0.273 e. The number of nitro groups is 1. The summed E-state index contributed by atoms with van der Waals surface area (Å²) in [7, 11) is 0. The van der Waals surface area contributed by atoms with E-state index >= 15 is 0 Å². The minimum absolute atomic E-state index is 0.0198. The lowest BCUT2D eigenvalue weighted by molar-refractivity contribution is -0.385. The van der Waals surface area contributed by atoms with Crippen LogP contribution in [0.5, 0.6) is 0 Å². The normalized spacial score (nSPS) is 12.5. The van der Waals surface area contributed by atoms with Gasteiger partial charge in [-0.3, -0.25) is 34.2 Å². The van der Waals surface area contributed by atoms with Crippen molar-refractivity contribution in [1.82, 2.24) is 4.90 Å². The molecular weight excluding hydrogens is 450 g/mol. The lowest BCUT2D eigenvalue weighted by Gasteiger charge is -2.13. The van der Waals surface area contributed by atoms with Crippen molar-refractivity contribution < 1.29 is 24.1 Å². The van der Waals surface area contributed by atoms with Crippen molar-refractivity contribution in [2.45, 2.75) is 20.3 Å². The minimum Gasteiger partial charge on any atom is -0.325 e. The van der Waals surface area contributed by atoms with Crippen LogP contribution in [0, 0.1) is 24.0 Å². The molecule has 0 saturated carbocycles. The van der Waals surface area contributed by atoms with Crippen LogP contribution < -0.4 is 5.32 Å². The third-order valence-corrected chi connectivity index (χ3v) is 5.73. The Labute approximate surface area is 200 Å². The number of anilines is 1. The number of nitrogens with zero attached hydrogens (tertiary/aromatic N) is 2. The van der Waals surface area contributed by atoms with Gasteiger partial charge in [0.1, 0.15) is 6.54 Å². The Bertz CT molecular complexity index is 1380. The Morgan fingerprint density at radius 2 is 1.43 bits per heavy atom. The molecule has 1 aliphatic rings. The molecule has 0 radical (unpaired) electrons. The number of hydrogen-bond donors (Lipinski definition) is 1. The first kappa shape index (κ1) is 23.5. The first-order chi connectivity index (χ1) is 16.6. The minimum atomic E-state index is -0.802. The maximum Gasteiger partial charge on any atom is 0.273 e. The number of rotatable bonds is 7. The molecule has 0 aromatic heterocycles. The van der Waals surface area contributed by atoms with E-state index in [1.54, 1.807) is 48.5 Å². The molecule has 0 bridgehead atoms. The zero-order valence-electron chi connectivity index (χ0n) is 19.0. The molecule has 4 rings (SSSR count). The lowest BCUT2D eigenvalue weighted by atomic mass is 9.97. The maximum absolute atomic E-state index is 12.9. The molecule has 0 saturated heterocycles. The van der Waals surface area contributed by atoms with Gasteiger partial charge in [0.15, 0.2) is 5.78 Å². The number of carbonyl (C=O) groups is 4. The molecule has 3 aromatic rings. The quantitative estimate of drug-likeness (QED) is 0.241. The van der Waals surface area contributed by atoms with Gasteiger partial charge < -0.3 is 5.32 Å². The summed E-state index contributed by atoms with van der Waals surface area (Å²) < 4.78 is 0. The lowest BCUT2D eigenvalue weighted by Crippen LogP contribution is -2.37. The molecule has 9 heteroatoms. The molecule has 1 N–H and O–H groups in total. The molecule has 176 valence electrons. The third kappa shape index (κ3) is 4.84. The van der Waals surface area contributed by atoms with Gasteiger partial charge in [0.05, 0.1) is 16.1 Å². The van der Waals surface area contributed by atoms with Gasteiger partial charge in [-0.1, -0.05) is 47.5 Å². The van der Waals surface area contributed by atoms with Crippen molar-refractivity contribution in [3.63, 3.8) is 0 Å². The molecule has 0 unspecified atom stereocenters. The number of ketones is 1. The van der Waals surface area contributed by atoms with E-state index in [9.17, 15) is 29.3 Å².